The number of benzene rings is 2. The van der Waals surface area contributed by atoms with Crippen LogP contribution in [-0.2, 0) is 22.4 Å². The second-order valence-corrected chi connectivity index (χ2v) is 7.53. The minimum absolute atomic E-state index is 0.0542. The smallest absolute Gasteiger partial charge is 0.336 e. The van der Waals surface area contributed by atoms with Crippen LogP contribution in [-0.4, -0.2) is 39.0 Å². The number of amides is 2. The average Bonchev–Trinajstić information content (AvgIpc) is 2.75. The Hall–Kier alpha value is -3.61. The molecule has 0 fully saturated rings. The molecule has 31 heavy (non-hydrogen) atoms. The number of carbonyl (C=O) groups excluding carboxylic acids is 2. The Bertz CT molecular complexity index is 1110. The standard InChI is InChI=1S/C24H27N3O4/c1-27(2)19-9-10-20-18(15-24(30)31-21(20)16-19)14-23(29)26-13-12-25-22(28)11-8-17-6-4-3-5-7-17/h3-7,9-10,15-16H,8,11-14H2,1-2H3,(H,25,28)(H,26,29). The highest BCUT2D eigenvalue weighted by Gasteiger charge is 2.11. The molecular weight excluding hydrogens is 394 g/mol. The van der Waals surface area contributed by atoms with E-state index >= 15 is 0 Å². The quantitative estimate of drug-likeness (QED) is 0.409. The summed E-state index contributed by atoms with van der Waals surface area (Å²) in [7, 11) is 3.80. The molecule has 2 aromatic carbocycles. The van der Waals surface area contributed by atoms with E-state index in [-0.39, 0.29) is 18.2 Å². The fourth-order valence-electron chi connectivity index (χ4n) is 3.27. The van der Waals surface area contributed by atoms with Gasteiger partial charge in [-0.05, 0) is 29.7 Å². The number of fused-ring (bicyclic) bond motifs is 1. The minimum atomic E-state index is -0.489. The molecule has 0 spiro atoms. The number of hydrogen-bond donors (Lipinski definition) is 2. The molecule has 2 amide bonds. The van der Waals surface area contributed by atoms with Crippen molar-refractivity contribution in [1.82, 2.24) is 10.6 Å². The summed E-state index contributed by atoms with van der Waals surface area (Å²) in [6, 6.07) is 16.7. The van der Waals surface area contributed by atoms with Crippen molar-refractivity contribution in [2.75, 3.05) is 32.1 Å². The van der Waals surface area contributed by atoms with Crippen LogP contribution in [0.2, 0.25) is 0 Å². The topological polar surface area (TPSA) is 91.7 Å². The molecule has 0 aliphatic rings. The van der Waals surface area contributed by atoms with Crippen LogP contribution in [0.4, 0.5) is 5.69 Å². The molecule has 0 bridgehead atoms. The third-order valence-corrected chi connectivity index (χ3v) is 4.93. The van der Waals surface area contributed by atoms with Crippen molar-refractivity contribution in [3.8, 4) is 0 Å². The maximum Gasteiger partial charge on any atom is 0.336 e. The summed E-state index contributed by atoms with van der Waals surface area (Å²) in [5.74, 6) is -0.274. The van der Waals surface area contributed by atoms with E-state index in [0.717, 1.165) is 16.6 Å². The summed E-state index contributed by atoms with van der Waals surface area (Å²) in [5.41, 5.74) is 2.59. The Kier molecular flexibility index (Phi) is 7.43. The van der Waals surface area contributed by atoms with Crippen molar-refractivity contribution in [1.29, 1.82) is 0 Å². The zero-order valence-corrected chi connectivity index (χ0v) is 17.8. The van der Waals surface area contributed by atoms with Gasteiger partial charge in [-0.3, -0.25) is 9.59 Å². The highest BCUT2D eigenvalue weighted by molar-refractivity contribution is 5.88. The van der Waals surface area contributed by atoms with Gasteiger partial charge in [-0.2, -0.15) is 0 Å². The van der Waals surface area contributed by atoms with Crippen molar-refractivity contribution in [3.63, 3.8) is 0 Å². The van der Waals surface area contributed by atoms with E-state index in [4.69, 9.17) is 4.42 Å². The second kappa shape index (κ2) is 10.4. The largest absolute Gasteiger partial charge is 0.423 e. The van der Waals surface area contributed by atoms with Crippen LogP contribution >= 0.6 is 0 Å². The summed E-state index contributed by atoms with van der Waals surface area (Å²) in [4.78, 5) is 38.1. The minimum Gasteiger partial charge on any atom is -0.423 e. The van der Waals surface area contributed by atoms with E-state index in [2.05, 4.69) is 10.6 Å². The zero-order valence-electron chi connectivity index (χ0n) is 17.8. The van der Waals surface area contributed by atoms with Crippen LogP contribution in [0.5, 0.6) is 0 Å². The van der Waals surface area contributed by atoms with Gasteiger partial charge in [0, 0.05) is 56.8 Å². The molecule has 0 radical (unpaired) electrons. The van der Waals surface area contributed by atoms with Gasteiger partial charge < -0.3 is 20.0 Å². The molecule has 0 saturated heterocycles. The Morgan fingerprint density at radius 3 is 2.35 bits per heavy atom. The van der Waals surface area contributed by atoms with Gasteiger partial charge in [-0.1, -0.05) is 30.3 Å². The van der Waals surface area contributed by atoms with Crippen LogP contribution in [0, 0.1) is 0 Å². The SMILES string of the molecule is CN(C)c1ccc2c(CC(=O)NCCNC(=O)CCc3ccccc3)cc(=O)oc2c1. The molecule has 162 valence electrons. The van der Waals surface area contributed by atoms with Crippen molar-refractivity contribution >= 4 is 28.5 Å². The zero-order chi connectivity index (χ0) is 22.2. The normalized spacial score (nSPS) is 10.6. The molecule has 2 N–H and O–H groups in total. The molecule has 7 heteroatoms. The van der Waals surface area contributed by atoms with Gasteiger partial charge in [0.05, 0.1) is 6.42 Å². The lowest BCUT2D eigenvalue weighted by atomic mass is 10.1. The maximum absolute atomic E-state index is 12.3. The van der Waals surface area contributed by atoms with Crippen LogP contribution in [0.3, 0.4) is 0 Å². The van der Waals surface area contributed by atoms with Gasteiger partial charge in [0.1, 0.15) is 5.58 Å². The number of hydrogen-bond acceptors (Lipinski definition) is 5. The Balaban J connectivity index is 1.48. The number of nitrogens with one attached hydrogen (secondary N) is 2. The van der Waals surface area contributed by atoms with E-state index in [1.165, 1.54) is 6.07 Å². The molecule has 7 nitrogen and oxygen atoms in total. The third-order valence-electron chi connectivity index (χ3n) is 4.93. The summed E-state index contributed by atoms with van der Waals surface area (Å²) in [5, 5.41) is 6.31. The van der Waals surface area contributed by atoms with Gasteiger partial charge in [-0.25, -0.2) is 4.79 Å². The van der Waals surface area contributed by atoms with E-state index in [1.54, 1.807) is 6.07 Å². The monoisotopic (exact) mass is 421 g/mol. The molecule has 3 rings (SSSR count). The fourth-order valence-corrected chi connectivity index (χ4v) is 3.27. The molecular formula is C24H27N3O4. The summed E-state index contributed by atoms with van der Waals surface area (Å²) < 4.78 is 5.29. The van der Waals surface area contributed by atoms with Crippen molar-refractivity contribution in [2.45, 2.75) is 19.3 Å². The first-order valence-corrected chi connectivity index (χ1v) is 10.2. The molecule has 3 aromatic rings. The van der Waals surface area contributed by atoms with Crippen LogP contribution in [0.25, 0.3) is 11.0 Å². The van der Waals surface area contributed by atoms with Crippen LogP contribution in [0.1, 0.15) is 17.5 Å². The van der Waals surface area contributed by atoms with Gasteiger partial charge in [0.2, 0.25) is 11.8 Å². The predicted octanol–water partition coefficient (Wildman–Crippen LogP) is 2.27. The van der Waals surface area contributed by atoms with Gasteiger partial charge in [-0.15, -0.1) is 0 Å². The van der Waals surface area contributed by atoms with Gasteiger partial charge >= 0.3 is 5.63 Å². The van der Waals surface area contributed by atoms with Crippen molar-refractivity contribution in [3.05, 3.63) is 76.1 Å². The number of aryl methyl sites for hydroxylation is 1. The summed E-state index contributed by atoms with van der Waals surface area (Å²) >= 11 is 0. The predicted molar refractivity (Wildman–Crippen MR) is 121 cm³/mol. The van der Waals surface area contributed by atoms with E-state index in [9.17, 15) is 14.4 Å². The van der Waals surface area contributed by atoms with Crippen LogP contribution < -0.4 is 21.2 Å². The third kappa shape index (κ3) is 6.44. The second-order valence-electron chi connectivity index (χ2n) is 7.53. The first-order chi connectivity index (χ1) is 14.9. The Morgan fingerprint density at radius 2 is 1.65 bits per heavy atom. The number of anilines is 1. The van der Waals surface area contributed by atoms with E-state index in [0.29, 0.717) is 37.1 Å². The Labute approximate surface area is 181 Å². The average molecular weight is 421 g/mol. The number of nitrogens with zero attached hydrogens (tertiary/aromatic N) is 1. The lowest BCUT2D eigenvalue weighted by Crippen LogP contribution is -2.35. The summed E-state index contributed by atoms with van der Waals surface area (Å²) in [6.07, 6.45) is 1.14. The number of carbonyl (C=O) groups is 2. The molecule has 1 aromatic heterocycles. The fraction of sp³-hybridized carbons (Fsp3) is 0.292. The molecule has 0 unspecified atom stereocenters. The lowest BCUT2D eigenvalue weighted by Gasteiger charge is -2.13. The Morgan fingerprint density at radius 1 is 0.935 bits per heavy atom. The molecule has 0 aliphatic heterocycles. The highest BCUT2D eigenvalue weighted by Crippen LogP contribution is 2.23. The first-order valence-electron chi connectivity index (χ1n) is 10.2. The van der Waals surface area contributed by atoms with Crippen molar-refractivity contribution < 1.29 is 14.0 Å². The molecule has 1 heterocycles. The lowest BCUT2D eigenvalue weighted by molar-refractivity contribution is -0.122. The molecule has 0 atom stereocenters. The van der Waals surface area contributed by atoms with E-state index in [1.807, 2.05) is 61.5 Å². The first kappa shape index (κ1) is 22.1. The van der Waals surface area contributed by atoms with Crippen molar-refractivity contribution in [2.24, 2.45) is 0 Å². The summed E-state index contributed by atoms with van der Waals surface area (Å²) in [6.45, 7) is 0.670. The van der Waals surface area contributed by atoms with Gasteiger partial charge in [0.25, 0.3) is 0 Å². The molecule has 0 aliphatic carbocycles. The maximum atomic E-state index is 12.3. The van der Waals surface area contributed by atoms with Crippen LogP contribution in [0.15, 0.2) is 63.8 Å². The van der Waals surface area contributed by atoms with E-state index < -0.39 is 5.63 Å². The number of rotatable bonds is 9. The highest BCUT2D eigenvalue weighted by atomic mass is 16.4. The molecule has 0 saturated carbocycles. The van der Waals surface area contributed by atoms with Gasteiger partial charge in [0.15, 0.2) is 0 Å².